The number of aliphatic carboxylic acids is 1. The van der Waals surface area contributed by atoms with E-state index in [4.69, 9.17) is 4.74 Å². The van der Waals surface area contributed by atoms with Gasteiger partial charge in [-0.1, -0.05) is 61.9 Å². The van der Waals surface area contributed by atoms with Crippen molar-refractivity contribution in [2.45, 2.75) is 44.2 Å². The van der Waals surface area contributed by atoms with Crippen LogP contribution in [0.15, 0.2) is 48.5 Å². The van der Waals surface area contributed by atoms with E-state index in [2.05, 4.69) is 29.6 Å². The van der Waals surface area contributed by atoms with Crippen LogP contribution in [0.1, 0.15) is 43.2 Å². The monoisotopic (exact) mass is 482 g/mol. The van der Waals surface area contributed by atoms with E-state index in [9.17, 15) is 19.5 Å². The van der Waals surface area contributed by atoms with E-state index in [-0.39, 0.29) is 24.9 Å². The molecule has 2 atom stereocenters. The van der Waals surface area contributed by atoms with Crippen molar-refractivity contribution in [3.05, 3.63) is 59.7 Å². The number of amides is 2. The topological polar surface area (TPSA) is 95.9 Å². The van der Waals surface area contributed by atoms with Crippen molar-refractivity contribution >= 4 is 29.7 Å². The van der Waals surface area contributed by atoms with Gasteiger partial charge in [0, 0.05) is 36.4 Å². The summed E-state index contributed by atoms with van der Waals surface area (Å²) in [4.78, 5) is 38.5. The molecule has 2 amide bonds. The van der Waals surface area contributed by atoms with Gasteiger partial charge in [-0.25, -0.2) is 9.59 Å². The van der Waals surface area contributed by atoms with Gasteiger partial charge in [-0.3, -0.25) is 4.79 Å². The van der Waals surface area contributed by atoms with Crippen molar-refractivity contribution in [1.29, 1.82) is 0 Å². The van der Waals surface area contributed by atoms with E-state index in [1.165, 1.54) is 16.7 Å². The SMILES string of the molecule is CCCC(CC(=O)N1CCSCC1C(=O)O)NC(=O)OCC1c2ccccc2-c2ccccc21. The van der Waals surface area contributed by atoms with Gasteiger partial charge in [0.1, 0.15) is 12.6 Å². The summed E-state index contributed by atoms with van der Waals surface area (Å²) in [6.07, 6.45) is 0.889. The van der Waals surface area contributed by atoms with Gasteiger partial charge >= 0.3 is 12.1 Å². The number of carboxylic acids is 1. The van der Waals surface area contributed by atoms with E-state index in [1.807, 2.05) is 31.2 Å². The maximum atomic E-state index is 12.9. The van der Waals surface area contributed by atoms with E-state index in [0.717, 1.165) is 28.7 Å². The number of hydrogen-bond acceptors (Lipinski definition) is 5. The molecule has 1 heterocycles. The van der Waals surface area contributed by atoms with Gasteiger partial charge in [0.05, 0.1) is 0 Å². The van der Waals surface area contributed by atoms with Crippen molar-refractivity contribution in [3.63, 3.8) is 0 Å². The molecule has 8 heteroatoms. The van der Waals surface area contributed by atoms with Crippen molar-refractivity contribution in [3.8, 4) is 11.1 Å². The predicted molar refractivity (Wildman–Crippen MR) is 132 cm³/mol. The molecular formula is C26H30N2O5S. The first-order valence-electron chi connectivity index (χ1n) is 11.7. The lowest BCUT2D eigenvalue weighted by Gasteiger charge is -2.33. The van der Waals surface area contributed by atoms with Gasteiger partial charge in [-0.2, -0.15) is 11.8 Å². The number of rotatable bonds is 8. The van der Waals surface area contributed by atoms with Crippen molar-refractivity contribution < 1.29 is 24.2 Å². The number of fused-ring (bicyclic) bond motifs is 3. The first kappa shape index (κ1) is 24.1. The zero-order valence-electron chi connectivity index (χ0n) is 19.2. The Morgan fingerprint density at radius 1 is 1.12 bits per heavy atom. The summed E-state index contributed by atoms with van der Waals surface area (Å²) in [5, 5.41) is 12.3. The first-order chi connectivity index (χ1) is 16.5. The van der Waals surface area contributed by atoms with Crippen LogP contribution in [0.2, 0.25) is 0 Å². The molecular weight excluding hydrogens is 452 g/mol. The second-order valence-corrected chi connectivity index (χ2v) is 9.83. The molecule has 1 aliphatic carbocycles. The van der Waals surface area contributed by atoms with E-state index in [1.54, 1.807) is 0 Å². The molecule has 34 heavy (non-hydrogen) atoms. The molecule has 180 valence electrons. The Kier molecular flexibility index (Phi) is 7.77. The molecule has 0 saturated carbocycles. The highest BCUT2D eigenvalue weighted by molar-refractivity contribution is 7.99. The van der Waals surface area contributed by atoms with Crippen LogP contribution >= 0.6 is 11.8 Å². The summed E-state index contributed by atoms with van der Waals surface area (Å²) in [7, 11) is 0. The maximum Gasteiger partial charge on any atom is 0.407 e. The highest BCUT2D eigenvalue weighted by Crippen LogP contribution is 2.44. The molecule has 2 unspecified atom stereocenters. The van der Waals surface area contributed by atoms with E-state index >= 15 is 0 Å². The number of carboxylic acid groups (broad SMARTS) is 1. The normalized spacial score (nSPS) is 18.0. The maximum absolute atomic E-state index is 12.9. The molecule has 1 aliphatic heterocycles. The number of carbonyl (C=O) groups excluding carboxylic acids is 2. The largest absolute Gasteiger partial charge is 0.480 e. The molecule has 1 saturated heterocycles. The number of nitrogens with zero attached hydrogens (tertiary/aromatic N) is 1. The van der Waals surface area contributed by atoms with Gasteiger partial charge < -0.3 is 20.1 Å². The third-order valence-electron chi connectivity index (χ3n) is 6.46. The Hall–Kier alpha value is -3.00. The fraction of sp³-hybridized carbons (Fsp3) is 0.423. The second kappa shape index (κ2) is 11.0. The Morgan fingerprint density at radius 3 is 2.38 bits per heavy atom. The molecule has 1 fully saturated rings. The number of hydrogen-bond donors (Lipinski definition) is 2. The lowest BCUT2D eigenvalue weighted by molar-refractivity contribution is -0.149. The lowest BCUT2D eigenvalue weighted by Crippen LogP contribution is -2.52. The molecule has 0 radical (unpaired) electrons. The average molecular weight is 483 g/mol. The minimum Gasteiger partial charge on any atom is -0.480 e. The number of benzene rings is 2. The number of thioether (sulfide) groups is 1. The fourth-order valence-corrected chi connectivity index (χ4v) is 5.85. The van der Waals surface area contributed by atoms with Gasteiger partial charge in [0.2, 0.25) is 5.91 Å². The fourth-order valence-electron chi connectivity index (χ4n) is 4.82. The standard InChI is InChI=1S/C26H30N2O5S/c1-2-7-17(14-24(29)28-12-13-34-16-23(28)25(30)31)27-26(32)33-15-22-20-10-5-3-8-18(20)19-9-4-6-11-21(19)22/h3-6,8-11,17,22-23H,2,7,12-16H2,1H3,(H,27,32)(H,30,31). The van der Waals surface area contributed by atoms with Crippen molar-refractivity contribution in [2.24, 2.45) is 0 Å². The smallest absolute Gasteiger partial charge is 0.407 e. The average Bonchev–Trinajstić information content (AvgIpc) is 3.16. The van der Waals surface area contributed by atoms with Crippen LogP contribution in [0.4, 0.5) is 4.79 Å². The summed E-state index contributed by atoms with van der Waals surface area (Å²) in [6, 6.07) is 15.1. The van der Waals surface area contributed by atoms with Crippen LogP contribution in [0.25, 0.3) is 11.1 Å². The molecule has 4 rings (SSSR count). The van der Waals surface area contributed by atoms with Gasteiger partial charge in [-0.15, -0.1) is 0 Å². The quantitative estimate of drug-likeness (QED) is 0.588. The summed E-state index contributed by atoms with van der Waals surface area (Å²) < 4.78 is 5.63. The molecule has 7 nitrogen and oxygen atoms in total. The summed E-state index contributed by atoms with van der Waals surface area (Å²) in [5.41, 5.74) is 4.60. The van der Waals surface area contributed by atoms with Gasteiger partial charge in [-0.05, 0) is 28.7 Å². The first-order valence-corrected chi connectivity index (χ1v) is 12.9. The Morgan fingerprint density at radius 2 is 1.76 bits per heavy atom. The van der Waals surface area contributed by atoms with E-state index < -0.39 is 24.1 Å². The summed E-state index contributed by atoms with van der Waals surface area (Å²) >= 11 is 1.54. The highest BCUT2D eigenvalue weighted by Gasteiger charge is 2.34. The predicted octanol–water partition coefficient (Wildman–Crippen LogP) is 4.11. The van der Waals surface area contributed by atoms with E-state index in [0.29, 0.717) is 24.5 Å². The number of ether oxygens (including phenoxy) is 1. The minimum absolute atomic E-state index is 0.0356. The Balaban J connectivity index is 1.37. The Bertz CT molecular complexity index is 1010. The summed E-state index contributed by atoms with van der Waals surface area (Å²) in [6.45, 7) is 2.59. The van der Waals surface area contributed by atoms with Gasteiger partial charge in [0.25, 0.3) is 0 Å². The van der Waals surface area contributed by atoms with Crippen LogP contribution in [-0.4, -0.2) is 64.7 Å². The zero-order chi connectivity index (χ0) is 24.1. The molecule has 2 aromatic carbocycles. The van der Waals surface area contributed by atoms with Crippen LogP contribution in [0.3, 0.4) is 0 Å². The van der Waals surface area contributed by atoms with Crippen molar-refractivity contribution in [1.82, 2.24) is 10.2 Å². The van der Waals surface area contributed by atoms with Crippen LogP contribution in [0, 0.1) is 0 Å². The third-order valence-corrected chi connectivity index (χ3v) is 7.48. The molecule has 0 aromatic heterocycles. The number of alkyl carbamates (subject to hydrolysis) is 1. The molecule has 2 N–H and O–H groups in total. The molecule has 2 aromatic rings. The highest BCUT2D eigenvalue weighted by atomic mass is 32.2. The Labute approximate surface area is 203 Å². The van der Waals surface area contributed by atoms with Crippen LogP contribution in [-0.2, 0) is 14.3 Å². The molecule has 2 aliphatic rings. The third kappa shape index (κ3) is 5.22. The minimum atomic E-state index is -0.989. The number of nitrogens with one attached hydrogen (secondary N) is 1. The number of carbonyl (C=O) groups is 3. The van der Waals surface area contributed by atoms with Crippen LogP contribution in [0.5, 0.6) is 0 Å². The molecule has 0 spiro atoms. The second-order valence-electron chi connectivity index (χ2n) is 8.68. The molecule has 0 bridgehead atoms. The summed E-state index contributed by atoms with van der Waals surface area (Å²) in [5.74, 6) is -0.165. The lowest BCUT2D eigenvalue weighted by atomic mass is 9.98. The van der Waals surface area contributed by atoms with Crippen LogP contribution < -0.4 is 5.32 Å². The zero-order valence-corrected chi connectivity index (χ0v) is 20.1. The van der Waals surface area contributed by atoms with Gasteiger partial charge in [0.15, 0.2) is 0 Å². The van der Waals surface area contributed by atoms with Crippen molar-refractivity contribution in [2.75, 3.05) is 24.7 Å².